The van der Waals surface area contributed by atoms with E-state index in [9.17, 15) is 9.13 Å². The van der Waals surface area contributed by atoms with E-state index in [0.717, 1.165) is 25.7 Å². The zero-order chi connectivity index (χ0) is 17.5. The molecule has 0 unspecified atom stereocenters. The number of rotatable bonds is 12. The van der Waals surface area contributed by atoms with Crippen LogP contribution in [-0.2, 0) is 27.3 Å². The van der Waals surface area contributed by atoms with Gasteiger partial charge in [-0.3, -0.25) is 9.05 Å². The van der Waals surface area contributed by atoms with Crippen molar-refractivity contribution in [3.05, 3.63) is 6.58 Å². The molecule has 0 aliphatic rings. The molecule has 0 bridgehead atoms. The Balaban J connectivity index is 0. The maximum atomic E-state index is 12.0. The van der Waals surface area contributed by atoms with Crippen molar-refractivity contribution in [3.63, 3.8) is 0 Å². The van der Waals surface area contributed by atoms with Crippen molar-refractivity contribution in [1.82, 2.24) is 0 Å². The SMILES string of the molecule is C=C=O.CCCCCOP(=O)(OCCCCC)OP(=O)(O)O. The lowest BCUT2D eigenvalue weighted by atomic mass is 10.3. The average molecular weight is 360 g/mol. The minimum Gasteiger partial charge on any atom is -0.302 e. The maximum Gasteiger partial charge on any atom is 0.483 e. The molecule has 8 nitrogen and oxygen atoms in total. The third kappa shape index (κ3) is 17.8. The Morgan fingerprint density at radius 1 is 0.955 bits per heavy atom. The van der Waals surface area contributed by atoms with Gasteiger partial charge in [-0.1, -0.05) is 39.5 Å². The molecule has 22 heavy (non-hydrogen) atoms. The van der Waals surface area contributed by atoms with Crippen molar-refractivity contribution >= 4 is 21.6 Å². The quantitative estimate of drug-likeness (QED) is 0.308. The second kappa shape index (κ2) is 14.3. The van der Waals surface area contributed by atoms with Crippen LogP contribution in [0.1, 0.15) is 52.4 Å². The van der Waals surface area contributed by atoms with Gasteiger partial charge < -0.3 is 9.79 Å². The van der Waals surface area contributed by atoms with Gasteiger partial charge in [0, 0.05) is 0 Å². The van der Waals surface area contributed by atoms with E-state index in [4.69, 9.17) is 23.6 Å². The first-order chi connectivity index (χ1) is 10.2. The number of phosphoric ester groups is 1. The molecule has 2 N–H and O–H groups in total. The van der Waals surface area contributed by atoms with Crippen LogP contribution in [0.3, 0.4) is 0 Å². The molecule has 0 aliphatic carbocycles. The number of phosphoric acid groups is 2. The lowest BCUT2D eigenvalue weighted by Crippen LogP contribution is -2.02. The summed E-state index contributed by atoms with van der Waals surface area (Å²) in [7, 11) is -9.10. The van der Waals surface area contributed by atoms with Gasteiger partial charge >= 0.3 is 15.6 Å². The van der Waals surface area contributed by atoms with Gasteiger partial charge in [-0.2, -0.15) is 4.31 Å². The van der Waals surface area contributed by atoms with E-state index in [1.807, 2.05) is 13.8 Å². The summed E-state index contributed by atoms with van der Waals surface area (Å²) in [6.07, 6.45) is 4.89. The molecule has 0 rings (SSSR count). The van der Waals surface area contributed by atoms with Crippen LogP contribution in [0.2, 0.25) is 0 Å². The van der Waals surface area contributed by atoms with E-state index < -0.39 is 15.6 Å². The van der Waals surface area contributed by atoms with Gasteiger partial charge in [-0.05, 0) is 19.4 Å². The van der Waals surface area contributed by atoms with Crippen molar-refractivity contribution in [3.8, 4) is 0 Å². The Bertz CT molecular complexity index is 371. The number of carbonyl (C=O) groups excluding carboxylic acids is 1. The number of unbranched alkanes of at least 4 members (excludes halogenated alkanes) is 4. The number of hydrogen-bond donors (Lipinski definition) is 2. The van der Waals surface area contributed by atoms with Crippen LogP contribution in [0.25, 0.3) is 0 Å². The summed E-state index contributed by atoms with van der Waals surface area (Å²) in [6.45, 7) is 6.83. The van der Waals surface area contributed by atoms with Crippen molar-refractivity contribution in [2.24, 2.45) is 0 Å². The second-order valence-corrected chi connectivity index (χ2v) is 7.29. The summed E-state index contributed by atoms with van der Waals surface area (Å²) in [5.41, 5.74) is 0. The molecule has 10 heteroatoms. The third-order valence-corrected chi connectivity index (χ3v) is 4.85. The highest BCUT2D eigenvalue weighted by molar-refractivity contribution is 7.61. The Hall–Kier alpha value is -0.290. The first-order valence-electron chi connectivity index (χ1n) is 7.04. The first kappa shape index (κ1) is 24.0. The molecule has 0 aromatic rings. The summed E-state index contributed by atoms with van der Waals surface area (Å²) in [4.78, 5) is 26.0. The summed E-state index contributed by atoms with van der Waals surface area (Å²) in [5, 5.41) is 0. The smallest absolute Gasteiger partial charge is 0.302 e. The summed E-state index contributed by atoms with van der Waals surface area (Å²) in [5.74, 6) is 1.25. The Labute approximate surface area is 131 Å². The minimum absolute atomic E-state index is 0.0822. The van der Waals surface area contributed by atoms with E-state index in [2.05, 4.69) is 10.9 Å². The van der Waals surface area contributed by atoms with Crippen molar-refractivity contribution < 1.29 is 37.1 Å². The lowest BCUT2D eigenvalue weighted by Gasteiger charge is -2.18. The van der Waals surface area contributed by atoms with Gasteiger partial charge in [-0.15, -0.1) is 0 Å². The van der Waals surface area contributed by atoms with Gasteiger partial charge in [0.15, 0.2) is 0 Å². The summed E-state index contributed by atoms with van der Waals surface area (Å²) >= 11 is 0. The van der Waals surface area contributed by atoms with Crippen molar-refractivity contribution in [1.29, 1.82) is 0 Å². The zero-order valence-electron chi connectivity index (χ0n) is 13.1. The molecule has 0 atom stereocenters. The molecule has 0 aliphatic heterocycles. The van der Waals surface area contributed by atoms with E-state index in [0.29, 0.717) is 12.8 Å². The molecule has 0 aromatic heterocycles. The zero-order valence-corrected chi connectivity index (χ0v) is 14.9. The molecule has 0 amide bonds. The van der Waals surface area contributed by atoms with Gasteiger partial charge in [0.05, 0.1) is 13.2 Å². The van der Waals surface area contributed by atoms with Crippen molar-refractivity contribution in [2.45, 2.75) is 52.4 Å². The van der Waals surface area contributed by atoms with Crippen LogP contribution in [0.5, 0.6) is 0 Å². The topological polar surface area (TPSA) is 119 Å². The van der Waals surface area contributed by atoms with Crippen LogP contribution < -0.4 is 0 Å². The molecule has 132 valence electrons. The molecule has 0 spiro atoms. The third-order valence-electron chi connectivity index (χ3n) is 2.20. The van der Waals surface area contributed by atoms with Crippen LogP contribution in [0.15, 0.2) is 6.58 Å². The fourth-order valence-corrected chi connectivity index (χ4v) is 3.47. The molecule has 0 saturated heterocycles. The fraction of sp³-hybridized carbons (Fsp3) is 0.833. The standard InChI is InChI=1S/C10H24O7P2.C2H2O/c1-3-5-7-9-15-19(14,17-18(11,12)13)16-10-8-6-4-2;1-2-3/h3-10H2,1-2H3,(H2,11,12,13);1H2. The Kier molecular flexibility index (Phi) is 15.6. The molecular weight excluding hydrogens is 334 g/mol. The minimum atomic E-state index is -4.91. The Morgan fingerprint density at radius 2 is 1.32 bits per heavy atom. The number of hydrogen-bond acceptors (Lipinski definition) is 6. The fourth-order valence-electron chi connectivity index (χ4n) is 1.27. The molecule has 0 aromatic carbocycles. The summed E-state index contributed by atoms with van der Waals surface area (Å²) in [6, 6.07) is 0. The normalized spacial score (nSPS) is 11.5. The average Bonchev–Trinajstić information content (AvgIpc) is 2.39. The summed E-state index contributed by atoms with van der Waals surface area (Å²) < 4.78 is 36.7. The predicted molar refractivity (Wildman–Crippen MR) is 83.0 cm³/mol. The van der Waals surface area contributed by atoms with Crippen LogP contribution in [-0.4, -0.2) is 28.9 Å². The molecule has 0 heterocycles. The van der Waals surface area contributed by atoms with E-state index in [1.54, 1.807) is 0 Å². The van der Waals surface area contributed by atoms with Crippen LogP contribution in [0, 0.1) is 0 Å². The van der Waals surface area contributed by atoms with Gasteiger partial charge in [0.25, 0.3) is 0 Å². The second-order valence-electron chi connectivity index (χ2n) is 4.24. The van der Waals surface area contributed by atoms with Gasteiger partial charge in [0.1, 0.15) is 5.94 Å². The Morgan fingerprint density at radius 3 is 1.59 bits per heavy atom. The molecular formula is C12H26O8P2. The highest BCUT2D eigenvalue weighted by Gasteiger charge is 2.35. The predicted octanol–water partition coefficient (Wildman–Crippen LogP) is 3.62. The lowest BCUT2D eigenvalue weighted by molar-refractivity contribution is 0.136. The molecule has 0 radical (unpaired) electrons. The monoisotopic (exact) mass is 360 g/mol. The van der Waals surface area contributed by atoms with E-state index in [1.165, 1.54) is 5.94 Å². The highest BCUT2D eigenvalue weighted by Crippen LogP contribution is 2.61. The molecule has 0 saturated carbocycles. The van der Waals surface area contributed by atoms with Crippen LogP contribution in [0.4, 0.5) is 0 Å². The first-order valence-corrected chi connectivity index (χ1v) is 10.0. The van der Waals surface area contributed by atoms with Gasteiger partial charge in [-0.25, -0.2) is 13.9 Å². The highest BCUT2D eigenvalue weighted by atomic mass is 31.3. The van der Waals surface area contributed by atoms with Crippen LogP contribution >= 0.6 is 15.6 Å². The largest absolute Gasteiger partial charge is 0.483 e. The van der Waals surface area contributed by atoms with Gasteiger partial charge in [0.2, 0.25) is 0 Å². The van der Waals surface area contributed by atoms with E-state index >= 15 is 0 Å². The van der Waals surface area contributed by atoms with Crippen molar-refractivity contribution in [2.75, 3.05) is 13.2 Å². The van der Waals surface area contributed by atoms with E-state index in [-0.39, 0.29) is 13.2 Å². The maximum absolute atomic E-state index is 12.0. The molecule has 0 fully saturated rings.